The summed E-state index contributed by atoms with van der Waals surface area (Å²) in [6.45, 7) is 0. The molecule has 2 aromatic rings. The molecule has 1 aromatic carbocycles. The predicted octanol–water partition coefficient (Wildman–Crippen LogP) is 2.11. The van der Waals surface area contributed by atoms with Crippen molar-refractivity contribution >= 4 is 29.2 Å². The van der Waals surface area contributed by atoms with E-state index in [1.165, 1.54) is 0 Å². The Labute approximate surface area is 75.8 Å². The molecule has 0 fully saturated rings. The first-order valence-corrected chi connectivity index (χ1v) is 4.05. The molecule has 0 spiro atoms. The van der Waals surface area contributed by atoms with Crippen molar-refractivity contribution in [2.24, 2.45) is 0 Å². The van der Waals surface area contributed by atoms with Crippen molar-refractivity contribution in [1.82, 2.24) is 4.98 Å². The van der Waals surface area contributed by atoms with Crippen LogP contribution >= 0.6 is 12.6 Å². The van der Waals surface area contributed by atoms with Crippen LogP contribution in [0.2, 0.25) is 0 Å². The number of nitrogens with two attached hydrogens (primary N) is 1. The van der Waals surface area contributed by atoms with Gasteiger partial charge in [-0.05, 0) is 29.7 Å². The van der Waals surface area contributed by atoms with Crippen LogP contribution in [0, 0.1) is 0 Å². The lowest BCUT2D eigenvalue weighted by molar-refractivity contribution is 1.36. The third-order valence-corrected chi connectivity index (χ3v) is 2.06. The van der Waals surface area contributed by atoms with Crippen LogP contribution in [0.1, 0.15) is 0 Å². The molecule has 2 nitrogen and oxygen atoms in total. The molecule has 0 aliphatic heterocycles. The second kappa shape index (κ2) is 2.68. The molecule has 0 aliphatic rings. The highest BCUT2D eigenvalue weighted by molar-refractivity contribution is 7.80. The van der Waals surface area contributed by atoms with Gasteiger partial charge in [0.1, 0.15) is 5.82 Å². The third-order valence-electron chi connectivity index (χ3n) is 1.78. The summed E-state index contributed by atoms with van der Waals surface area (Å²) >= 11 is 4.23. The fraction of sp³-hybridized carbons (Fsp3) is 0. The van der Waals surface area contributed by atoms with Crippen LogP contribution in [0.25, 0.3) is 10.8 Å². The molecule has 0 atom stereocenters. The van der Waals surface area contributed by atoms with Crippen molar-refractivity contribution in [3.8, 4) is 0 Å². The van der Waals surface area contributed by atoms with Gasteiger partial charge in [-0.2, -0.15) is 0 Å². The van der Waals surface area contributed by atoms with Crippen molar-refractivity contribution in [2.75, 3.05) is 5.73 Å². The molecular formula is C9H8N2S. The Kier molecular flexibility index (Phi) is 1.66. The number of hydrogen-bond acceptors (Lipinski definition) is 3. The average Bonchev–Trinajstić information content (AvgIpc) is 2.04. The zero-order valence-corrected chi connectivity index (χ0v) is 7.25. The van der Waals surface area contributed by atoms with Crippen LogP contribution in [-0.2, 0) is 0 Å². The zero-order valence-electron chi connectivity index (χ0n) is 6.36. The maximum Gasteiger partial charge on any atom is 0.131 e. The van der Waals surface area contributed by atoms with E-state index in [9.17, 15) is 0 Å². The van der Waals surface area contributed by atoms with Crippen LogP contribution < -0.4 is 5.73 Å². The fourth-order valence-electron chi connectivity index (χ4n) is 1.19. The first kappa shape index (κ1) is 7.43. The van der Waals surface area contributed by atoms with E-state index in [1.54, 1.807) is 6.20 Å². The lowest BCUT2D eigenvalue weighted by Gasteiger charge is -2.00. The Bertz CT molecular complexity index is 426. The number of benzene rings is 1. The van der Waals surface area contributed by atoms with E-state index in [-0.39, 0.29) is 0 Å². The number of rotatable bonds is 0. The van der Waals surface area contributed by atoms with Gasteiger partial charge in [-0.3, -0.25) is 0 Å². The molecule has 0 radical (unpaired) electrons. The van der Waals surface area contributed by atoms with Crippen LogP contribution in [0.3, 0.4) is 0 Å². The Morgan fingerprint density at radius 3 is 2.92 bits per heavy atom. The van der Waals surface area contributed by atoms with Gasteiger partial charge < -0.3 is 5.73 Å². The van der Waals surface area contributed by atoms with Crippen LogP contribution in [0.4, 0.5) is 5.82 Å². The number of hydrogen-bond donors (Lipinski definition) is 2. The molecule has 12 heavy (non-hydrogen) atoms. The predicted molar refractivity (Wildman–Crippen MR) is 53.4 cm³/mol. The lowest BCUT2D eigenvalue weighted by Crippen LogP contribution is -1.89. The highest BCUT2D eigenvalue weighted by Gasteiger charge is 1.97. The topological polar surface area (TPSA) is 38.9 Å². The molecule has 3 heteroatoms. The number of nitrogens with zero attached hydrogens (tertiary/aromatic N) is 1. The molecule has 1 heterocycles. The maximum absolute atomic E-state index is 5.67. The minimum absolute atomic E-state index is 0.570. The van der Waals surface area contributed by atoms with Gasteiger partial charge in [0.25, 0.3) is 0 Å². The van der Waals surface area contributed by atoms with Crippen molar-refractivity contribution < 1.29 is 0 Å². The van der Waals surface area contributed by atoms with Gasteiger partial charge in [-0.25, -0.2) is 4.98 Å². The van der Waals surface area contributed by atoms with E-state index in [4.69, 9.17) is 5.73 Å². The minimum Gasteiger partial charge on any atom is -0.383 e. The Morgan fingerprint density at radius 1 is 1.25 bits per heavy atom. The van der Waals surface area contributed by atoms with Gasteiger partial charge >= 0.3 is 0 Å². The van der Waals surface area contributed by atoms with Gasteiger partial charge in [0.2, 0.25) is 0 Å². The number of fused-ring (bicyclic) bond motifs is 1. The van der Waals surface area contributed by atoms with Crippen LogP contribution in [-0.4, -0.2) is 4.98 Å². The van der Waals surface area contributed by atoms with Crippen molar-refractivity contribution in [3.63, 3.8) is 0 Å². The largest absolute Gasteiger partial charge is 0.383 e. The average molecular weight is 176 g/mol. The summed E-state index contributed by atoms with van der Waals surface area (Å²) in [6.07, 6.45) is 1.70. The number of nitrogen functional groups attached to an aromatic ring is 1. The molecule has 0 bridgehead atoms. The SMILES string of the molecule is Nc1nccc2cc(S)ccc12. The molecular weight excluding hydrogens is 168 g/mol. The smallest absolute Gasteiger partial charge is 0.131 e. The standard InChI is InChI=1S/C9H8N2S/c10-9-8-2-1-7(12)5-6(8)3-4-11-9/h1-5,12H,(H2,10,11). The monoisotopic (exact) mass is 176 g/mol. The normalized spacial score (nSPS) is 10.4. The van der Waals surface area contributed by atoms with Crippen molar-refractivity contribution in [2.45, 2.75) is 4.90 Å². The van der Waals surface area contributed by atoms with Gasteiger partial charge in [-0.1, -0.05) is 0 Å². The number of aromatic nitrogens is 1. The second-order valence-corrected chi connectivity index (χ2v) is 3.12. The molecule has 0 saturated carbocycles. The minimum atomic E-state index is 0.570. The highest BCUT2D eigenvalue weighted by Crippen LogP contribution is 2.20. The van der Waals surface area contributed by atoms with E-state index in [0.29, 0.717) is 5.82 Å². The third kappa shape index (κ3) is 1.12. The quantitative estimate of drug-likeness (QED) is 0.603. The summed E-state index contributed by atoms with van der Waals surface area (Å²) in [5.74, 6) is 0.570. The van der Waals surface area contributed by atoms with Gasteiger partial charge in [0, 0.05) is 16.5 Å². The summed E-state index contributed by atoms with van der Waals surface area (Å²) in [6, 6.07) is 7.73. The summed E-state index contributed by atoms with van der Waals surface area (Å²) in [4.78, 5) is 4.93. The van der Waals surface area contributed by atoms with E-state index < -0.39 is 0 Å². The van der Waals surface area contributed by atoms with E-state index in [0.717, 1.165) is 15.7 Å². The summed E-state index contributed by atoms with van der Waals surface area (Å²) in [7, 11) is 0. The van der Waals surface area contributed by atoms with E-state index in [1.807, 2.05) is 24.3 Å². The van der Waals surface area contributed by atoms with Crippen LogP contribution in [0.5, 0.6) is 0 Å². The Balaban J connectivity index is 2.86. The van der Waals surface area contributed by atoms with Gasteiger partial charge in [-0.15, -0.1) is 12.6 Å². The molecule has 2 rings (SSSR count). The number of anilines is 1. The summed E-state index contributed by atoms with van der Waals surface area (Å²) in [5.41, 5.74) is 5.67. The van der Waals surface area contributed by atoms with Crippen molar-refractivity contribution in [1.29, 1.82) is 0 Å². The van der Waals surface area contributed by atoms with E-state index >= 15 is 0 Å². The summed E-state index contributed by atoms with van der Waals surface area (Å²) < 4.78 is 0. The molecule has 2 N–H and O–H groups in total. The molecule has 0 saturated heterocycles. The summed E-state index contributed by atoms with van der Waals surface area (Å²) in [5, 5.41) is 2.06. The number of pyridine rings is 1. The molecule has 60 valence electrons. The molecule has 0 amide bonds. The van der Waals surface area contributed by atoms with Crippen molar-refractivity contribution in [3.05, 3.63) is 30.5 Å². The fourth-order valence-corrected chi connectivity index (χ4v) is 1.40. The molecule has 0 aliphatic carbocycles. The Hall–Kier alpha value is -1.22. The lowest BCUT2D eigenvalue weighted by atomic mass is 10.2. The van der Waals surface area contributed by atoms with Gasteiger partial charge in [0.15, 0.2) is 0 Å². The zero-order chi connectivity index (χ0) is 8.55. The second-order valence-electron chi connectivity index (χ2n) is 2.60. The first-order chi connectivity index (χ1) is 5.77. The molecule has 0 unspecified atom stereocenters. The van der Waals surface area contributed by atoms with Gasteiger partial charge in [0.05, 0.1) is 0 Å². The highest BCUT2D eigenvalue weighted by atomic mass is 32.1. The first-order valence-electron chi connectivity index (χ1n) is 3.60. The van der Waals surface area contributed by atoms with E-state index in [2.05, 4.69) is 17.6 Å². The Morgan fingerprint density at radius 2 is 2.08 bits per heavy atom. The maximum atomic E-state index is 5.67. The number of thiol groups is 1. The molecule has 1 aromatic heterocycles. The van der Waals surface area contributed by atoms with Crippen LogP contribution in [0.15, 0.2) is 35.4 Å².